The van der Waals surface area contributed by atoms with Gasteiger partial charge in [0, 0.05) is 17.5 Å². The van der Waals surface area contributed by atoms with Crippen molar-refractivity contribution in [2.45, 2.75) is 77.7 Å². The summed E-state index contributed by atoms with van der Waals surface area (Å²) in [6.45, 7) is 5.82. The Kier molecular flexibility index (Phi) is 7.85. The third-order valence-corrected chi connectivity index (χ3v) is 6.96. The molecule has 3 rings (SSSR count). The molecule has 2 amide bonds. The first-order chi connectivity index (χ1) is 13.5. The molecule has 1 aliphatic heterocycles. The minimum Gasteiger partial charge on any atom is -0.353 e. The Morgan fingerprint density at radius 1 is 1.07 bits per heavy atom. The van der Waals surface area contributed by atoms with Gasteiger partial charge in [-0.15, -0.1) is 11.3 Å². The van der Waals surface area contributed by atoms with E-state index >= 15 is 0 Å². The molecular formula is C21H34N4O2S. The number of amides is 2. The van der Waals surface area contributed by atoms with E-state index in [1.165, 1.54) is 43.4 Å². The van der Waals surface area contributed by atoms with Gasteiger partial charge in [-0.2, -0.15) is 0 Å². The number of aryl methyl sites for hydroxylation is 2. The van der Waals surface area contributed by atoms with Gasteiger partial charge in [0.2, 0.25) is 11.8 Å². The molecule has 0 bridgehead atoms. The van der Waals surface area contributed by atoms with E-state index < -0.39 is 0 Å². The number of nitrogens with one attached hydrogen (secondary N) is 2. The lowest BCUT2D eigenvalue weighted by atomic mass is 9.94. The average molecular weight is 407 g/mol. The van der Waals surface area contributed by atoms with Crippen molar-refractivity contribution in [3.05, 3.63) is 10.6 Å². The van der Waals surface area contributed by atoms with E-state index in [4.69, 9.17) is 0 Å². The first-order valence-electron chi connectivity index (χ1n) is 10.8. The fraction of sp³-hybridized carbons (Fsp3) is 0.762. The lowest BCUT2D eigenvalue weighted by Gasteiger charge is -2.32. The van der Waals surface area contributed by atoms with Crippen LogP contribution in [0.1, 0.15) is 68.4 Å². The van der Waals surface area contributed by atoms with Crippen LogP contribution >= 0.6 is 11.3 Å². The van der Waals surface area contributed by atoms with Gasteiger partial charge < -0.3 is 10.6 Å². The molecule has 1 unspecified atom stereocenters. The smallest absolute Gasteiger partial charge is 0.240 e. The minimum atomic E-state index is -0.0465. The number of hydrogen-bond donors (Lipinski definition) is 2. The predicted octanol–water partition coefficient (Wildman–Crippen LogP) is 3.64. The quantitative estimate of drug-likeness (QED) is 0.783. The summed E-state index contributed by atoms with van der Waals surface area (Å²) in [4.78, 5) is 32.8. The molecule has 156 valence electrons. The van der Waals surface area contributed by atoms with Crippen molar-refractivity contribution in [1.29, 1.82) is 0 Å². The Balaban J connectivity index is 1.46. The van der Waals surface area contributed by atoms with Crippen LogP contribution in [0.5, 0.6) is 0 Å². The Morgan fingerprint density at radius 3 is 2.46 bits per heavy atom. The SMILES string of the molecule is Cc1nc(NC(=O)CN2CCCC(C(=O)NC3CCCCCCC3)C2)sc1C. The van der Waals surface area contributed by atoms with E-state index in [0.717, 1.165) is 42.8 Å². The molecule has 1 saturated heterocycles. The van der Waals surface area contributed by atoms with Gasteiger partial charge in [-0.3, -0.25) is 14.5 Å². The van der Waals surface area contributed by atoms with E-state index in [9.17, 15) is 9.59 Å². The molecule has 28 heavy (non-hydrogen) atoms. The number of carbonyl (C=O) groups is 2. The lowest BCUT2D eigenvalue weighted by molar-refractivity contribution is -0.128. The highest BCUT2D eigenvalue weighted by Gasteiger charge is 2.28. The number of aromatic nitrogens is 1. The van der Waals surface area contributed by atoms with E-state index in [1.54, 1.807) is 0 Å². The van der Waals surface area contributed by atoms with Crippen molar-refractivity contribution in [2.75, 3.05) is 25.0 Å². The average Bonchev–Trinajstić information content (AvgIpc) is 2.94. The fourth-order valence-electron chi connectivity index (χ4n) is 4.22. The summed E-state index contributed by atoms with van der Waals surface area (Å²) in [5.41, 5.74) is 0.962. The molecule has 1 aliphatic carbocycles. The van der Waals surface area contributed by atoms with Gasteiger partial charge in [0.1, 0.15) is 0 Å². The van der Waals surface area contributed by atoms with Crippen LogP contribution in [0.3, 0.4) is 0 Å². The molecule has 2 aliphatic rings. The van der Waals surface area contributed by atoms with E-state index in [2.05, 4.69) is 20.5 Å². The Morgan fingerprint density at radius 2 is 1.79 bits per heavy atom. The van der Waals surface area contributed by atoms with E-state index in [0.29, 0.717) is 24.3 Å². The molecular weight excluding hydrogens is 372 g/mol. The first kappa shape index (κ1) is 21.2. The number of nitrogens with zero attached hydrogens (tertiary/aromatic N) is 2. The van der Waals surface area contributed by atoms with Crippen molar-refractivity contribution in [3.63, 3.8) is 0 Å². The molecule has 1 atom stereocenters. The van der Waals surface area contributed by atoms with Crippen molar-refractivity contribution in [1.82, 2.24) is 15.2 Å². The maximum Gasteiger partial charge on any atom is 0.240 e. The van der Waals surface area contributed by atoms with Gasteiger partial charge in [-0.05, 0) is 46.1 Å². The Bertz CT molecular complexity index is 648. The highest BCUT2D eigenvalue weighted by molar-refractivity contribution is 7.15. The molecule has 1 saturated carbocycles. The van der Waals surface area contributed by atoms with Crippen LogP contribution < -0.4 is 10.6 Å². The van der Waals surface area contributed by atoms with Crippen LogP contribution in [0.15, 0.2) is 0 Å². The molecule has 7 heteroatoms. The van der Waals surface area contributed by atoms with Crippen LogP contribution in [0.4, 0.5) is 5.13 Å². The zero-order chi connectivity index (χ0) is 19.9. The van der Waals surface area contributed by atoms with Gasteiger partial charge in [0.15, 0.2) is 5.13 Å². The maximum absolute atomic E-state index is 12.8. The summed E-state index contributed by atoms with van der Waals surface area (Å²) < 4.78 is 0. The Hall–Kier alpha value is -1.47. The van der Waals surface area contributed by atoms with Crippen LogP contribution in [0, 0.1) is 19.8 Å². The number of rotatable bonds is 5. The van der Waals surface area contributed by atoms with Crippen LogP contribution in [-0.4, -0.2) is 47.4 Å². The maximum atomic E-state index is 12.8. The third kappa shape index (κ3) is 6.27. The van der Waals surface area contributed by atoms with E-state index in [-0.39, 0.29) is 17.7 Å². The summed E-state index contributed by atoms with van der Waals surface area (Å²) >= 11 is 1.51. The Labute approximate surface area is 172 Å². The molecule has 2 N–H and O–H groups in total. The van der Waals surface area contributed by atoms with Crippen molar-refractivity contribution >= 4 is 28.3 Å². The second kappa shape index (κ2) is 10.3. The number of likely N-dealkylation sites (tertiary alicyclic amines) is 1. The molecule has 2 fully saturated rings. The highest BCUT2D eigenvalue weighted by atomic mass is 32.1. The normalized spacial score (nSPS) is 22.3. The minimum absolute atomic E-state index is 0.00339. The molecule has 0 radical (unpaired) electrons. The number of piperidine rings is 1. The van der Waals surface area contributed by atoms with Crippen molar-refractivity contribution in [3.8, 4) is 0 Å². The van der Waals surface area contributed by atoms with Crippen molar-refractivity contribution in [2.24, 2.45) is 5.92 Å². The second-order valence-corrected chi connectivity index (χ2v) is 9.54. The lowest BCUT2D eigenvalue weighted by Crippen LogP contribution is -2.47. The summed E-state index contributed by atoms with van der Waals surface area (Å²) in [5.74, 6) is 0.132. The molecule has 0 aromatic carbocycles. The fourth-order valence-corrected chi connectivity index (χ4v) is 5.05. The second-order valence-electron chi connectivity index (χ2n) is 8.33. The number of hydrogen-bond acceptors (Lipinski definition) is 5. The standard InChI is InChI=1S/C21H34N4O2S/c1-15-16(2)28-21(22-15)24-19(26)14-25-12-8-9-17(13-25)20(27)23-18-10-6-4-3-5-7-11-18/h17-18H,3-14H2,1-2H3,(H,23,27)(H,22,24,26). The predicted molar refractivity (Wildman–Crippen MR) is 114 cm³/mol. The molecule has 2 heterocycles. The van der Waals surface area contributed by atoms with Gasteiger partial charge in [-0.25, -0.2) is 4.98 Å². The molecule has 1 aromatic heterocycles. The third-order valence-electron chi connectivity index (χ3n) is 5.97. The highest BCUT2D eigenvalue weighted by Crippen LogP contribution is 2.22. The van der Waals surface area contributed by atoms with Crippen LogP contribution in [0.25, 0.3) is 0 Å². The molecule has 1 aromatic rings. The number of thiazole rings is 1. The zero-order valence-corrected chi connectivity index (χ0v) is 18.1. The number of carbonyl (C=O) groups excluding carboxylic acids is 2. The summed E-state index contributed by atoms with van der Waals surface area (Å²) in [7, 11) is 0. The van der Waals surface area contributed by atoms with E-state index in [1.807, 2.05) is 13.8 Å². The van der Waals surface area contributed by atoms with Crippen molar-refractivity contribution < 1.29 is 9.59 Å². The first-order valence-corrected chi connectivity index (χ1v) is 11.6. The van der Waals surface area contributed by atoms with Gasteiger partial charge in [-0.1, -0.05) is 32.1 Å². The monoisotopic (exact) mass is 406 g/mol. The largest absolute Gasteiger partial charge is 0.353 e. The topological polar surface area (TPSA) is 74.3 Å². The summed E-state index contributed by atoms with van der Waals surface area (Å²) in [6.07, 6.45) is 10.4. The summed E-state index contributed by atoms with van der Waals surface area (Å²) in [5, 5.41) is 6.87. The van der Waals surface area contributed by atoms with Gasteiger partial charge in [0.25, 0.3) is 0 Å². The van der Waals surface area contributed by atoms with Gasteiger partial charge >= 0.3 is 0 Å². The number of anilines is 1. The van der Waals surface area contributed by atoms with Crippen LogP contribution in [-0.2, 0) is 9.59 Å². The molecule has 0 spiro atoms. The molecule has 6 nitrogen and oxygen atoms in total. The summed E-state index contributed by atoms with van der Waals surface area (Å²) in [6, 6.07) is 0.336. The zero-order valence-electron chi connectivity index (χ0n) is 17.3. The van der Waals surface area contributed by atoms with Gasteiger partial charge in [0.05, 0.1) is 18.2 Å². The van der Waals surface area contributed by atoms with Crippen LogP contribution in [0.2, 0.25) is 0 Å².